The Morgan fingerprint density at radius 2 is 1.94 bits per heavy atom. The first-order valence-electron chi connectivity index (χ1n) is 5.05. The maximum absolute atomic E-state index is 13.6. The summed E-state index contributed by atoms with van der Waals surface area (Å²) >= 11 is 0. The highest BCUT2D eigenvalue weighted by molar-refractivity contribution is 5.40. The average molecular weight is 227 g/mol. The van der Waals surface area contributed by atoms with Crippen molar-refractivity contribution in [3.8, 4) is 5.75 Å². The molecule has 0 bridgehead atoms. The van der Waals surface area contributed by atoms with E-state index < -0.39 is 11.4 Å². The summed E-state index contributed by atoms with van der Waals surface area (Å²) in [6.07, 6.45) is 0. The number of hydrogen-bond donors (Lipinski definition) is 1. The molecule has 0 aliphatic rings. The average Bonchev–Trinajstić information content (AvgIpc) is 2.19. The predicted octanol–water partition coefficient (Wildman–Crippen LogP) is 2.17. The maximum Gasteiger partial charge on any atom is 0.165 e. The molecule has 90 valence electrons. The normalized spacial score (nSPS) is 11.6. The lowest BCUT2D eigenvalue weighted by Gasteiger charge is -2.23. The Morgan fingerprint density at radius 1 is 1.31 bits per heavy atom. The minimum Gasteiger partial charge on any atom is -0.494 e. The summed E-state index contributed by atoms with van der Waals surface area (Å²) < 4.78 is 23.6. The van der Waals surface area contributed by atoms with Gasteiger partial charge in [-0.1, -0.05) is 0 Å². The zero-order valence-corrected chi connectivity index (χ0v) is 10.1. The fourth-order valence-electron chi connectivity index (χ4n) is 1.63. The van der Waals surface area contributed by atoms with E-state index in [1.54, 1.807) is 13.2 Å². The first-order chi connectivity index (χ1) is 7.40. The van der Waals surface area contributed by atoms with Crippen LogP contribution in [0.25, 0.3) is 0 Å². The van der Waals surface area contributed by atoms with E-state index in [1.165, 1.54) is 13.2 Å². The van der Waals surface area contributed by atoms with Gasteiger partial charge in [0, 0.05) is 12.6 Å². The molecule has 1 rings (SSSR count). The molecule has 0 unspecified atom stereocenters. The molecule has 0 atom stereocenters. The van der Waals surface area contributed by atoms with E-state index in [-0.39, 0.29) is 5.75 Å². The molecule has 0 saturated carbocycles. The van der Waals surface area contributed by atoms with E-state index in [0.29, 0.717) is 6.61 Å². The minimum atomic E-state index is -0.610. The topological polar surface area (TPSA) is 44.5 Å². The monoisotopic (exact) mass is 227 g/mol. The molecule has 0 aliphatic heterocycles. The predicted molar refractivity (Wildman–Crippen MR) is 60.9 cm³/mol. The molecule has 2 N–H and O–H groups in total. The first-order valence-corrected chi connectivity index (χ1v) is 5.05. The van der Waals surface area contributed by atoms with Crippen LogP contribution in [0.5, 0.6) is 5.75 Å². The quantitative estimate of drug-likeness (QED) is 0.857. The van der Waals surface area contributed by atoms with E-state index in [2.05, 4.69) is 0 Å². The molecule has 0 amide bonds. The van der Waals surface area contributed by atoms with E-state index in [9.17, 15) is 4.39 Å². The maximum atomic E-state index is 13.6. The highest BCUT2D eigenvalue weighted by Crippen LogP contribution is 2.28. The number of methoxy groups -OCH3 is 2. The van der Waals surface area contributed by atoms with E-state index in [0.717, 1.165) is 11.1 Å². The largest absolute Gasteiger partial charge is 0.494 e. The highest BCUT2D eigenvalue weighted by atomic mass is 19.1. The highest BCUT2D eigenvalue weighted by Gasteiger charge is 2.21. The molecular weight excluding hydrogens is 209 g/mol. The second-order valence-electron chi connectivity index (χ2n) is 4.30. The van der Waals surface area contributed by atoms with Gasteiger partial charge < -0.3 is 15.2 Å². The van der Waals surface area contributed by atoms with Crippen LogP contribution in [0.15, 0.2) is 12.1 Å². The van der Waals surface area contributed by atoms with Crippen LogP contribution in [-0.2, 0) is 16.9 Å². The van der Waals surface area contributed by atoms with Crippen molar-refractivity contribution in [3.05, 3.63) is 29.1 Å². The second-order valence-corrected chi connectivity index (χ2v) is 4.30. The summed E-state index contributed by atoms with van der Waals surface area (Å²) in [6, 6.07) is 3.04. The SMILES string of the molecule is COCc1cc(OC)c(F)cc1C(C)(C)N. The Kier molecular flexibility index (Phi) is 3.88. The summed E-state index contributed by atoms with van der Waals surface area (Å²) in [5, 5.41) is 0. The van der Waals surface area contributed by atoms with E-state index in [4.69, 9.17) is 15.2 Å². The van der Waals surface area contributed by atoms with Gasteiger partial charge in [0.2, 0.25) is 0 Å². The fourth-order valence-corrected chi connectivity index (χ4v) is 1.63. The van der Waals surface area contributed by atoms with Crippen molar-refractivity contribution >= 4 is 0 Å². The lowest BCUT2D eigenvalue weighted by molar-refractivity contribution is 0.182. The van der Waals surface area contributed by atoms with Crippen molar-refractivity contribution in [2.45, 2.75) is 26.0 Å². The van der Waals surface area contributed by atoms with Crippen LogP contribution in [-0.4, -0.2) is 14.2 Å². The lowest BCUT2D eigenvalue weighted by atomic mass is 9.91. The fraction of sp³-hybridized carbons (Fsp3) is 0.500. The first kappa shape index (κ1) is 12.9. The summed E-state index contributed by atoms with van der Waals surface area (Å²) in [7, 11) is 3.02. The van der Waals surface area contributed by atoms with Crippen LogP contribution in [0.3, 0.4) is 0 Å². The molecule has 0 aromatic heterocycles. The molecular formula is C12H18FNO2. The molecule has 1 aromatic rings. The molecule has 0 aliphatic carbocycles. The standard InChI is InChI=1S/C12H18FNO2/c1-12(2,14)9-6-10(13)11(16-4)5-8(9)7-15-3/h5-6H,7,14H2,1-4H3. The van der Waals surface area contributed by atoms with Crippen molar-refractivity contribution < 1.29 is 13.9 Å². The number of benzene rings is 1. The van der Waals surface area contributed by atoms with Gasteiger partial charge in [0.15, 0.2) is 11.6 Å². The van der Waals surface area contributed by atoms with Gasteiger partial charge in [0.25, 0.3) is 0 Å². The Morgan fingerprint density at radius 3 is 2.38 bits per heavy atom. The number of ether oxygens (including phenoxy) is 2. The zero-order chi connectivity index (χ0) is 12.3. The Bertz CT molecular complexity index is 372. The van der Waals surface area contributed by atoms with Gasteiger partial charge in [-0.2, -0.15) is 0 Å². The van der Waals surface area contributed by atoms with Crippen LogP contribution in [0, 0.1) is 5.82 Å². The third-order valence-corrected chi connectivity index (χ3v) is 2.37. The van der Waals surface area contributed by atoms with Crippen LogP contribution in [0.2, 0.25) is 0 Å². The number of hydrogen-bond acceptors (Lipinski definition) is 3. The molecule has 0 heterocycles. The molecule has 1 aromatic carbocycles. The summed E-state index contributed by atoms with van der Waals surface area (Å²) in [5.74, 6) is -0.198. The Labute approximate surface area is 95.4 Å². The van der Waals surface area contributed by atoms with E-state index >= 15 is 0 Å². The van der Waals surface area contributed by atoms with Crippen molar-refractivity contribution in [3.63, 3.8) is 0 Å². The Balaban J connectivity index is 3.30. The van der Waals surface area contributed by atoms with Crippen LogP contribution in [0.4, 0.5) is 4.39 Å². The van der Waals surface area contributed by atoms with Gasteiger partial charge in [-0.05, 0) is 37.1 Å². The van der Waals surface area contributed by atoms with Crippen LogP contribution in [0.1, 0.15) is 25.0 Å². The third kappa shape index (κ3) is 2.71. The summed E-state index contributed by atoms with van der Waals surface area (Å²) in [4.78, 5) is 0. The third-order valence-electron chi connectivity index (χ3n) is 2.37. The zero-order valence-electron chi connectivity index (χ0n) is 10.1. The smallest absolute Gasteiger partial charge is 0.165 e. The number of halogens is 1. The lowest BCUT2D eigenvalue weighted by Crippen LogP contribution is -2.30. The minimum absolute atomic E-state index is 0.208. The molecule has 4 heteroatoms. The molecule has 16 heavy (non-hydrogen) atoms. The number of rotatable bonds is 4. The van der Waals surface area contributed by atoms with Crippen molar-refractivity contribution in [1.29, 1.82) is 0 Å². The van der Waals surface area contributed by atoms with Gasteiger partial charge in [0.05, 0.1) is 13.7 Å². The molecule has 3 nitrogen and oxygen atoms in total. The van der Waals surface area contributed by atoms with Crippen molar-refractivity contribution in [2.24, 2.45) is 5.73 Å². The van der Waals surface area contributed by atoms with Crippen LogP contribution >= 0.6 is 0 Å². The molecule has 0 radical (unpaired) electrons. The number of nitrogens with two attached hydrogens (primary N) is 1. The Hall–Kier alpha value is -1.13. The van der Waals surface area contributed by atoms with Gasteiger partial charge in [-0.25, -0.2) is 4.39 Å². The second kappa shape index (κ2) is 4.80. The summed E-state index contributed by atoms with van der Waals surface area (Å²) in [6.45, 7) is 4.04. The molecule has 0 saturated heterocycles. The summed E-state index contributed by atoms with van der Waals surface area (Å²) in [5.41, 5.74) is 6.95. The van der Waals surface area contributed by atoms with Gasteiger partial charge in [-0.3, -0.25) is 0 Å². The van der Waals surface area contributed by atoms with Gasteiger partial charge >= 0.3 is 0 Å². The van der Waals surface area contributed by atoms with Crippen molar-refractivity contribution in [2.75, 3.05) is 14.2 Å². The van der Waals surface area contributed by atoms with E-state index in [1.807, 2.05) is 13.8 Å². The van der Waals surface area contributed by atoms with Crippen LogP contribution < -0.4 is 10.5 Å². The van der Waals surface area contributed by atoms with Gasteiger partial charge in [0.1, 0.15) is 0 Å². The van der Waals surface area contributed by atoms with Gasteiger partial charge in [-0.15, -0.1) is 0 Å². The molecule has 0 spiro atoms. The van der Waals surface area contributed by atoms with Crippen molar-refractivity contribution in [1.82, 2.24) is 0 Å². The molecule has 0 fully saturated rings.